The second-order valence-corrected chi connectivity index (χ2v) is 9.33. The van der Waals surface area contributed by atoms with Gasteiger partial charge in [0.1, 0.15) is 24.7 Å². The predicted molar refractivity (Wildman–Crippen MR) is 135 cm³/mol. The molecule has 5 nitrogen and oxygen atoms in total. The zero-order valence-electron chi connectivity index (χ0n) is 20.2. The normalized spacial score (nSPS) is 11.4. The van der Waals surface area contributed by atoms with E-state index in [2.05, 4.69) is 55.8 Å². The molecule has 4 aromatic rings. The van der Waals surface area contributed by atoms with Crippen LogP contribution in [0.15, 0.2) is 79.0 Å². The van der Waals surface area contributed by atoms with Gasteiger partial charge in [-0.15, -0.1) is 0 Å². The molecule has 0 aliphatic rings. The van der Waals surface area contributed by atoms with Crippen LogP contribution in [0.4, 0.5) is 0 Å². The molecule has 0 aliphatic carbocycles. The Morgan fingerprint density at radius 1 is 0.882 bits per heavy atom. The monoisotopic (exact) mass is 457 g/mol. The van der Waals surface area contributed by atoms with Gasteiger partial charge in [0, 0.05) is 17.1 Å². The summed E-state index contributed by atoms with van der Waals surface area (Å²) in [5, 5.41) is 1.11. The average molecular weight is 458 g/mol. The summed E-state index contributed by atoms with van der Waals surface area (Å²) in [6, 6.07) is 23.8. The topological polar surface area (TPSA) is 49.7 Å². The summed E-state index contributed by atoms with van der Waals surface area (Å²) in [6.07, 6.45) is 2.07. The van der Waals surface area contributed by atoms with Crippen LogP contribution in [-0.2, 0) is 23.3 Å². The van der Waals surface area contributed by atoms with Gasteiger partial charge in [-0.2, -0.15) is 0 Å². The van der Waals surface area contributed by atoms with E-state index in [1.165, 1.54) is 12.7 Å². The first-order valence-electron chi connectivity index (χ1n) is 11.5. The van der Waals surface area contributed by atoms with E-state index in [1.807, 2.05) is 36.4 Å². The summed E-state index contributed by atoms with van der Waals surface area (Å²) in [6.45, 7) is 8.34. The molecular weight excluding hydrogens is 426 g/mol. The number of ether oxygens (including phenoxy) is 3. The van der Waals surface area contributed by atoms with Gasteiger partial charge in [-0.3, -0.25) is 0 Å². The van der Waals surface area contributed by atoms with Gasteiger partial charge in [0.25, 0.3) is 0 Å². The van der Waals surface area contributed by atoms with Crippen LogP contribution in [0.3, 0.4) is 0 Å². The van der Waals surface area contributed by atoms with Crippen molar-refractivity contribution in [2.24, 2.45) is 0 Å². The van der Waals surface area contributed by atoms with Crippen molar-refractivity contribution in [2.45, 2.75) is 39.3 Å². The maximum Gasteiger partial charge on any atom is 0.337 e. The minimum Gasteiger partial charge on any atom is -0.492 e. The van der Waals surface area contributed by atoms with Crippen LogP contribution in [0.5, 0.6) is 11.5 Å². The van der Waals surface area contributed by atoms with Gasteiger partial charge in [0.05, 0.1) is 19.2 Å². The van der Waals surface area contributed by atoms with E-state index >= 15 is 0 Å². The Morgan fingerprint density at radius 3 is 2.38 bits per heavy atom. The first-order chi connectivity index (χ1) is 16.3. The summed E-state index contributed by atoms with van der Waals surface area (Å²) >= 11 is 0. The van der Waals surface area contributed by atoms with Gasteiger partial charge in [-0.1, -0.05) is 45.0 Å². The number of carbonyl (C=O) groups excluding carboxylic acids is 1. The van der Waals surface area contributed by atoms with Gasteiger partial charge >= 0.3 is 5.97 Å². The van der Waals surface area contributed by atoms with E-state index in [0.717, 1.165) is 34.5 Å². The molecule has 176 valence electrons. The van der Waals surface area contributed by atoms with Crippen molar-refractivity contribution in [3.63, 3.8) is 0 Å². The third-order valence-electron chi connectivity index (χ3n) is 5.82. The number of hydrogen-bond donors (Lipinski definition) is 0. The summed E-state index contributed by atoms with van der Waals surface area (Å²) in [4.78, 5) is 11.7. The lowest BCUT2D eigenvalue weighted by molar-refractivity contribution is 0.0600. The molecule has 0 radical (unpaired) electrons. The molecule has 0 atom stereocenters. The molecular formula is C29H31NO4. The number of carbonyl (C=O) groups is 1. The lowest BCUT2D eigenvalue weighted by atomic mass is 9.87. The largest absolute Gasteiger partial charge is 0.492 e. The van der Waals surface area contributed by atoms with E-state index in [1.54, 1.807) is 12.1 Å². The van der Waals surface area contributed by atoms with E-state index in [0.29, 0.717) is 18.8 Å². The van der Waals surface area contributed by atoms with E-state index in [9.17, 15) is 4.79 Å². The quantitative estimate of drug-likeness (QED) is 0.288. The van der Waals surface area contributed by atoms with Gasteiger partial charge in [0.2, 0.25) is 0 Å². The maximum atomic E-state index is 11.7. The Hall–Kier alpha value is -3.73. The van der Waals surface area contributed by atoms with E-state index in [-0.39, 0.29) is 11.4 Å². The standard InChI is InChI=1S/C29H31NO4/c1-29(2,3)24-8-10-25(11-9-24)33-17-16-30-15-14-22-19-26(12-13-27(22)30)34-20-21-6-5-7-23(18-21)28(31)32-4/h5-15,18-19H,16-17,20H2,1-4H3. The second kappa shape index (κ2) is 10.0. The van der Waals surface area contributed by atoms with Crippen molar-refractivity contribution >= 4 is 16.9 Å². The number of rotatable bonds is 8. The van der Waals surface area contributed by atoms with Crippen LogP contribution in [0.2, 0.25) is 0 Å². The Bertz CT molecular complexity index is 1270. The van der Waals surface area contributed by atoms with E-state index < -0.39 is 0 Å². The number of nitrogens with zero attached hydrogens (tertiary/aromatic N) is 1. The first-order valence-corrected chi connectivity index (χ1v) is 11.5. The predicted octanol–water partition coefficient (Wildman–Crippen LogP) is 6.38. The van der Waals surface area contributed by atoms with Gasteiger partial charge in [0.15, 0.2) is 0 Å². The fraction of sp³-hybridized carbons (Fsp3) is 0.276. The molecule has 0 spiro atoms. The number of benzene rings is 3. The molecule has 3 aromatic carbocycles. The third kappa shape index (κ3) is 5.60. The van der Waals surface area contributed by atoms with Crippen LogP contribution in [0.1, 0.15) is 42.3 Å². The molecule has 0 unspecified atom stereocenters. The summed E-state index contributed by atoms with van der Waals surface area (Å²) in [7, 11) is 1.38. The SMILES string of the molecule is COC(=O)c1cccc(COc2ccc3c(ccn3CCOc3ccc(C(C)(C)C)cc3)c2)c1. The zero-order valence-corrected chi connectivity index (χ0v) is 20.2. The fourth-order valence-electron chi connectivity index (χ4n) is 3.85. The number of fused-ring (bicyclic) bond motifs is 1. The van der Waals surface area contributed by atoms with Crippen LogP contribution < -0.4 is 9.47 Å². The van der Waals surface area contributed by atoms with Crippen molar-refractivity contribution in [3.8, 4) is 11.5 Å². The van der Waals surface area contributed by atoms with Crippen molar-refractivity contribution in [1.82, 2.24) is 4.57 Å². The summed E-state index contributed by atoms with van der Waals surface area (Å²) in [5.74, 6) is 1.32. The highest BCUT2D eigenvalue weighted by molar-refractivity contribution is 5.89. The molecule has 0 fully saturated rings. The highest BCUT2D eigenvalue weighted by atomic mass is 16.5. The Labute approximate surface area is 200 Å². The smallest absolute Gasteiger partial charge is 0.337 e. The summed E-state index contributed by atoms with van der Waals surface area (Å²) < 4.78 is 18.9. The lowest BCUT2D eigenvalue weighted by Gasteiger charge is -2.19. The maximum absolute atomic E-state index is 11.7. The van der Waals surface area contributed by atoms with Crippen molar-refractivity contribution < 1.29 is 19.0 Å². The molecule has 0 saturated heterocycles. The van der Waals surface area contributed by atoms with Crippen molar-refractivity contribution in [1.29, 1.82) is 0 Å². The molecule has 0 bridgehead atoms. The lowest BCUT2D eigenvalue weighted by Crippen LogP contribution is -2.11. The molecule has 0 amide bonds. The Balaban J connectivity index is 1.34. The number of hydrogen-bond acceptors (Lipinski definition) is 4. The minimum absolute atomic E-state index is 0.137. The highest BCUT2D eigenvalue weighted by Gasteiger charge is 2.13. The Morgan fingerprint density at radius 2 is 1.65 bits per heavy atom. The number of esters is 1. The Kier molecular flexibility index (Phi) is 6.92. The molecule has 1 heterocycles. The van der Waals surface area contributed by atoms with E-state index in [4.69, 9.17) is 14.2 Å². The zero-order chi connectivity index (χ0) is 24.1. The molecule has 0 N–H and O–H groups in total. The van der Waals surface area contributed by atoms with Gasteiger partial charge in [-0.25, -0.2) is 4.79 Å². The van der Waals surface area contributed by atoms with Crippen molar-refractivity contribution in [3.05, 3.63) is 95.7 Å². The molecule has 0 aliphatic heterocycles. The summed E-state index contributed by atoms with van der Waals surface area (Å²) in [5.41, 5.74) is 3.99. The second-order valence-electron chi connectivity index (χ2n) is 9.33. The molecule has 4 rings (SSSR count). The van der Waals surface area contributed by atoms with Gasteiger partial charge in [-0.05, 0) is 65.1 Å². The number of methoxy groups -OCH3 is 1. The fourth-order valence-corrected chi connectivity index (χ4v) is 3.85. The minimum atomic E-state index is -0.351. The van der Waals surface area contributed by atoms with Crippen LogP contribution in [0, 0.1) is 0 Å². The van der Waals surface area contributed by atoms with Crippen LogP contribution in [-0.4, -0.2) is 24.3 Å². The highest BCUT2D eigenvalue weighted by Crippen LogP contribution is 2.25. The van der Waals surface area contributed by atoms with Crippen molar-refractivity contribution in [2.75, 3.05) is 13.7 Å². The van der Waals surface area contributed by atoms with Gasteiger partial charge < -0.3 is 18.8 Å². The number of aromatic nitrogens is 1. The molecule has 0 saturated carbocycles. The molecule has 34 heavy (non-hydrogen) atoms. The molecule has 5 heteroatoms. The molecule has 1 aromatic heterocycles. The average Bonchev–Trinajstić information content (AvgIpc) is 3.24. The van der Waals surface area contributed by atoms with Crippen LogP contribution >= 0.6 is 0 Å². The first kappa shape index (κ1) is 23.4. The third-order valence-corrected chi connectivity index (χ3v) is 5.82. The van der Waals surface area contributed by atoms with Crippen LogP contribution in [0.25, 0.3) is 10.9 Å².